The van der Waals surface area contributed by atoms with E-state index in [4.69, 9.17) is 10.5 Å². The van der Waals surface area contributed by atoms with Crippen LogP contribution in [-0.4, -0.2) is 13.7 Å². The van der Waals surface area contributed by atoms with Crippen LogP contribution in [0, 0.1) is 0 Å². The predicted octanol–water partition coefficient (Wildman–Crippen LogP) is 1.67. The van der Waals surface area contributed by atoms with Crippen LogP contribution in [0.5, 0.6) is 5.75 Å². The van der Waals surface area contributed by atoms with Crippen molar-refractivity contribution in [2.75, 3.05) is 13.7 Å². The van der Waals surface area contributed by atoms with E-state index >= 15 is 0 Å². The molecule has 0 radical (unpaired) electrons. The Balaban J connectivity index is 3.04. The van der Waals surface area contributed by atoms with Crippen LogP contribution in [0.2, 0.25) is 0 Å². The average Bonchev–Trinajstić information content (AvgIpc) is 2.16. The van der Waals surface area contributed by atoms with E-state index in [1.54, 1.807) is 7.11 Å². The third kappa shape index (κ3) is 1.66. The van der Waals surface area contributed by atoms with Crippen molar-refractivity contribution < 1.29 is 4.74 Å². The largest absolute Gasteiger partial charge is 0.496 e. The first-order valence-electron chi connectivity index (χ1n) is 3.81. The van der Waals surface area contributed by atoms with Crippen LogP contribution >= 0.6 is 0 Å². The smallest absolute Gasteiger partial charge is 0.126 e. The van der Waals surface area contributed by atoms with Gasteiger partial charge in [-0.05, 0) is 11.6 Å². The molecule has 1 aromatic rings. The Morgan fingerprint density at radius 3 is 2.75 bits per heavy atom. The molecule has 0 spiro atoms. The Kier molecular flexibility index (Phi) is 2.88. The molecule has 2 heteroatoms. The molecule has 0 atom stereocenters. The van der Waals surface area contributed by atoms with Gasteiger partial charge in [0, 0.05) is 12.1 Å². The maximum Gasteiger partial charge on any atom is 0.126 e. The lowest BCUT2D eigenvalue weighted by Crippen LogP contribution is -2.02. The Morgan fingerprint density at radius 2 is 2.17 bits per heavy atom. The predicted molar refractivity (Wildman–Crippen MR) is 51.1 cm³/mol. The molecular formula is C10H13NO. The zero-order valence-electron chi connectivity index (χ0n) is 7.21. The number of ether oxygens (including phenoxy) is 1. The van der Waals surface area contributed by atoms with Crippen LogP contribution in [0.4, 0.5) is 0 Å². The van der Waals surface area contributed by atoms with Gasteiger partial charge in [-0.3, -0.25) is 0 Å². The van der Waals surface area contributed by atoms with Crippen LogP contribution in [-0.2, 0) is 0 Å². The van der Waals surface area contributed by atoms with Crippen LogP contribution < -0.4 is 10.5 Å². The second-order valence-corrected chi connectivity index (χ2v) is 2.51. The first-order valence-corrected chi connectivity index (χ1v) is 3.81. The van der Waals surface area contributed by atoms with Gasteiger partial charge < -0.3 is 10.5 Å². The van der Waals surface area contributed by atoms with Crippen molar-refractivity contribution >= 4 is 5.57 Å². The van der Waals surface area contributed by atoms with Crippen molar-refractivity contribution in [3.63, 3.8) is 0 Å². The molecule has 0 aliphatic carbocycles. The second-order valence-electron chi connectivity index (χ2n) is 2.51. The number of rotatable bonds is 3. The van der Waals surface area contributed by atoms with E-state index in [2.05, 4.69) is 6.58 Å². The molecule has 0 aromatic heterocycles. The zero-order chi connectivity index (χ0) is 8.97. The highest BCUT2D eigenvalue weighted by Crippen LogP contribution is 2.23. The highest BCUT2D eigenvalue weighted by atomic mass is 16.5. The lowest BCUT2D eigenvalue weighted by molar-refractivity contribution is 0.413. The fourth-order valence-electron chi connectivity index (χ4n) is 1.05. The van der Waals surface area contributed by atoms with Gasteiger partial charge in [-0.2, -0.15) is 0 Å². The minimum absolute atomic E-state index is 0.459. The van der Waals surface area contributed by atoms with Gasteiger partial charge in [0.25, 0.3) is 0 Å². The molecule has 1 aromatic carbocycles. The normalized spacial score (nSPS) is 9.50. The average molecular weight is 163 g/mol. The molecular weight excluding hydrogens is 150 g/mol. The molecule has 0 fully saturated rings. The van der Waals surface area contributed by atoms with Crippen molar-refractivity contribution in [1.29, 1.82) is 0 Å². The lowest BCUT2D eigenvalue weighted by atomic mass is 10.1. The van der Waals surface area contributed by atoms with Crippen molar-refractivity contribution in [3.05, 3.63) is 36.4 Å². The molecule has 0 saturated carbocycles. The molecule has 2 N–H and O–H groups in total. The van der Waals surface area contributed by atoms with E-state index in [-0.39, 0.29) is 0 Å². The molecule has 2 nitrogen and oxygen atoms in total. The zero-order valence-corrected chi connectivity index (χ0v) is 7.21. The number of para-hydroxylation sites is 1. The summed E-state index contributed by atoms with van der Waals surface area (Å²) in [6, 6.07) is 7.72. The van der Waals surface area contributed by atoms with Crippen LogP contribution in [0.25, 0.3) is 5.57 Å². The maximum absolute atomic E-state index is 5.47. The maximum atomic E-state index is 5.47. The molecule has 0 bridgehead atoms. The van der Waals surface area contributed by atoms with E-state index in [1.165, 1.54) is 0 Å². The molecule has 0 heterocycles. The summed E-state index contributed by atoms with van der Waals surface area (Å²) >= 11 is 0. The van der Waals surface area contributed by atoms with E-state index in [1.807, 2.05) is 24.3 Å². The molecule has 64 valence electrons. The van der Waals surface area contributed by atoms with Gasteiger partial charge in [0.2, 0.25) is 0 Å². The summed E-state index contributed by atoms with van der Waals surface area (Å²) in [6.07, 6.45) is 0. The minimum atomic E-state index is 0.459. The van der Waals surface area contributed by atoms with E-state index < -0.39 is 0 Å². The summed E-state index contributed by atoms with van der Waals surface area (Å²) in [5.74, 6) is 0.827. The SMILES string of the molecule is C=C(CN)c1ccccc1OC. The summed E-state index contributed by atoms with van der Waals surface area (Å²) in [6.45, 7) is 4.31. The fourth-order valence-corrected chi connectivity index (χ4v) is 1.05. The van der Waals surface area contributed by atoms with Crippen molar-refractivity contribution in [3.8, 4) is 5.75 Å². The highest BCUT2D eigenvalue weighted by Gasteiger charge is 2.02. The Hall–Kier alpha value is -1.28. The number of benzene rings is 1. The van der Waals surface area contributed by atoms with Crippen LogP contribution in [0.15, 0.2) is 30.8 Å². The standard InChI is InChI=1S/C10H13NO/c1-8(7-11)9-5-3-4-6-10(9)12-2/h3-6H,1,7,11H2,2H3. The molecule has 0 amide bonds. The molecule has 0 aliphatic heterocycles. The Bertz CT molecular complexity index is 281. The molecule has 0 unspecified atom stereocenters. The van der Waals surface area contributed by atoms with Gasteiger partial charge in [0.15, 0.2) is 0 Å². The van der Waals surface area contributed by atoms with Gasteiger partial charge >= 0.3 is 0 Å². The first kappa shape index (κ1) is 8.81. The summed E-state index contributed by atoms with van der Waals surface area (Å²) in [5.41, 5.74) is 7.36. The van der Waals surface area contributed by atoms with Gasteiger partial charge in [-0.15, -0.1) is 0 Å². The summed E-state index contributed by atoms with van der Waals surface area (Å²) in [4.78, 5) is 0. The van der Waals surface area contributed by atoms with Crippen molar-refractivity contribution in [2.24, 2.45) is 5.73 Å². The summed E-state index contributed by atoms with van der Waals surface area (Å²) in [5, 5.41) is 0. The highest BCUT2D eigenvalue weighted by molar-refractivity contribution is 5.69. The van der Waals surface area contributed by atoms with E-state index in [9.17, 15) is 0 Å². The number of hydrogen-bond donors (Lipinski definition) is 1. The number of nitrogens with two attached hydrogens (primary N) is 1. The number of hydrogen-bond acceptors (Lipinski definition) is 2. The molecule has 1 rings (SSSR count). The topological polar surface area (TPSA) is 35.2 Å². The Morgan fingerprint density at radius 1 is 1.50 bits per heavy atom. The minimum Gasteiger partial charge on any atom is -0.496 e. The van der Waals surface area contributed by atoms with Gasteiger partial charge in [-0.1, -0.05) is 24.8 Å². The molecule has 0 aliphatic rings. The summed E-state index contributed by atoms with van der Waals surface area (Å²) in [7, 11) is 1.64. The van der Waals surface area contributed by atoms with E-state index in [0.717, 1.165) is 16.9 Å². The third-order valence-electron chi connectivity index (χ3n) is 1.73. The van der Waals surface area contributed by atoms with Gasteiger partial charge in [0.05, 0.1) is 7.11 Å². The monoisotopic (exact) mass is 163 g/mol. The lowest BCUT2D eigenvalue weighted by Gasteiger charge is -2.08. The fraction of sp³-hybridized carbons (Fsp3) is 0.200. The second kappa shape index (κ2) is 3.93. The molecule has 0 saturated heterocycles. The van der Waals surface area contributed by atoms with Gasteiger partial charge in [0.1, 0.15) is 5.75 Å². The quantitative estimate of drug-likeness (QED) is 0.735. The van der Waals surface area contributed by atoms with Crippen molar-refractivity contribution in [1.82, 2.24) is 0 Å². The van der Waals surface area contributed by atoms with Crippen LogP contribution in [0.1, 0.15) is 5.56 Å². The number of methoxy groups -OCH3 is 1. The first-order chi connectivity index (χ1) is 5.79. The summed E-state index contributed by atoms with van der Waals surface area (Å²) < 4.78 is 5.15. The van der Waals surface area contributed by atoms with Gasteiger partial charge in [-0.25, -0.2) is 0 Å². The van der Waals surface area contributed by atoms with Crippen LogP contribution in [0.3, 0.4) is 0 Å². The van der Waals surface area contributed by atoms with Crippen molar-refractivity contribution in [2.45, 2.75) is 0 Å². The molecule has 12 heavy (non-hydrogen) atoms. The third-order valence-corrected chi connectivity index (χ3v) is 1.73. The van der Waals surface area contributed by atoms with E-state index in [0.29, 0.717) is 6.54 Å². The Labute approximate surface area is 72.7 Å².